The molecule has 1 aromatic carbocycles. The smallest absolute Gasteiger partial charge is 0.316 e. The number of rotatable bonds is 6. The summed E-state index contributed by atoms with van der Waals surface area (Å²) in [4.78, 5) is 21.5. The molecule has 0 radical (unpaired) electrons. The number of aromatic nitrogens is 2. The van der Waals surface area contributed by atoms with E-state index in [4.69, 9.17) is 4.74 Å². The van der Waals surface area contributed by atoms with Gasteiger partial charge in [-0.15, -0.1) is 11.3 Å². The topological polar surface area (TPSA) is 52.1 Å². The first kappa shape index (κ1) is 17.9. The Kier molecular flexibility index (Phi) is 5.71. The third-order valence-corrected chi connectivity index (χ3v) is 5.80. The zero-order valence-electron chi connectivity index (χ0n) is 14.5. The summed E-state index contributed by atoms with van der Waals surface area (Å²) in [6.45, 7) is 6.67. The molecule has 3 rings (SSSR count). The molecule has 0 saturated carbocycles. The molecular formula is C19H20N2O2S2. The Morgan fingerprint density at radius 1 is 1.24 bits per heavy atom. The van der Waals surface area contributed by atoms with Crippen LogP contribution < -0.4 is 0 Å². The van der Waals surface area contributed by atoms with Gasteiger partial charge in [-0.3, -0.25) is 4.79 Å². The number of nitrogens with zero attached hydrogens (tertiary/aromatic N) is 2. The highest BCUT2D eigenvalue weighted by atomic mass is 32.2. The summed E-state index contributed by atoms with van der Waals surface area (Å²) in [5.74, 6) is 0.0514. The molecule has 0 spiro atoms. The number of ether oxygens (including phenoxy) is 1. The largest absolute Gasteiger partial charge is 0.465 e. The normalized spacial score (nSPS) is 11.0. The highest BCUT2D eigenvalue weighted by Gasteiger charge is 2.15. The molecule has 6 heteroatoms. The first-order valence-corrected chi connectivity index (χ1v) is 10.0. The van der Waals surface area contributed by atoms with E-state index in [1.54, 1.807) is 17.7 Å². The van der Waals surface area contributed by atoms with Crippen molar-refractivity contribution in [2.45, 2.75) is 32.2 Å². The number of aryl methyl sites for hydroxylation is 2. The van der Waals surface area contributed by atoms with E-state index in [-0.39, 0.29) is 11.7 Å². The maximum Gasteiger partial charge on any atom is 0.316 e. The van der Waals surface area contributed by atoms with Crippen LogP contribution in [0.4, 0.5) is 0 Å². The van der Waals surface area contributed by atoms with Gasteiger partial charge in [-0.2, -0.15) is 0 Å². The van der Waals surface area contributed by atoms with E-state index in [1.807, 2.05) is 6.92 Å². The number of hydrogen-bond donors (Lipinski definition) is 0. The lowest BCUT2D eigenvalue weighted by molar-refractivity contribution is -0.140. The summed E-state index contributed by atoms with van der Waals surface area (Å²) in [6, 6.07) is 6.45. The Labute approximate surface area is 155 Å². The van der Waals surface area contributed by atoms with Crippen LogP contribution in [0.25, 0.3) is 21.3 Å². The summed E-state index contributed by atoms with van der Waals surface area (Å²) < 4.78 is 5.15. The molecule has 3 aromatic rings. The van der Waals surface area contributed by atoms with Gasteiger partial charge in [0.15, 0.2) is 0 Å². The molecular weight excluding hydrogens is 352 g/mol. The lowest BCUT2D eigenvalue weighted by Crippen LogP contribution is -2.08. The summed E-state index contributed by atoms with van der Waals surface area (Å²) in [6.07, 6.45) is 2.39. The minimum Gasteiger partial charge on any atom is -0.465 e. The molecule has 0 saturated heterocycles. The van der Waals surface area contributed by atoms with Crippen LogP contribution in [-0.4, -0.2) is 28.3 Å². The van der Waals surface area contributed by atoms with Crippen molar-refractivity contribution < 1.29 is 9.53 Å². The van der Waals surface area contributed by atoms with Crippen molar-refractivity contribution in [2.75, 3.05) is 12.4 Å². The van der Waals surface area contributed by atoms with Gasteiger partial charge in [0.2, 0.25) is 0 Å². The highest BCUT2D eigenvalue weighted by molar-refractivity contribution is 8.00. The Hall–Kier alpha value is -1.92. The third kappa shape index (κ3) is 4.02. The number of thioether (sulfide) groups is 1. The van der Waals surface area contributed by atoms with Crippen LogP contribution in [0.3, 0.4) is 0 Å². The van der Waals surface area contributed by atoms with Gasteiger partial charge < -0.3 is 4.74 Å². The van der Waals surface area contributed by atoms with E-state index >= 15 is 0 Å². The number of benzene rings is 1. The van der Waals surface area contributed by atoms with E-state index < -0.39 is 0 Å². The Morgan fingerprint density at radius 2 is 2.08 bits per heavy atom. The van der Waals surface area contributed by atoms with Crippen molar-refractivity contribution in [3.8, 4) is 11.1 Å². The molecule has 2 heterocycles. The van der Waals surface area contributed by atoms with Crippen LogP contribution in [0.5, 0.6) is 0 Å². The predicted molar refractivity (Wildman–Crippen MR) is 104 cm³/mol. The van der Waals surface area contributed by atoms with Crippen molar-refractivity contribution in [1.82, 2.24) is 9.97 Å². The fourth-order valence-corrected chi connectivity index (χ4v) is 4.25. The monoisotopic (exact) mass is 372 g/mol. The van der Waals surface area contributed by atoms with Gasteiger partial charge >= 0.3 is 5.97 Å². The Morgan fingerprint density at radius 3 is 2.84 bits per heavy atom. The van der Waals surface area contributed by atoms with Crippen LogP contribution in [-0.2, 0) is 9.53 Å². The van der Waals surface area contributed by atoms with Gasteiger partial charge in [-0.25, -0.2) is 9.97 Å². The molecule has 0 aliphatic rings. The van der Waals surface area contributed by atoms with Gasteiger partial charge in [0.05, 0.1) is 17.7 Å². The molecule has 0 aliphatic heterocycles. The summed E-state index contributed by atoms with van der Waals surface area (Å²) in [5, 5.41) is 3.96. The van der Waals surface area contributed by atoms with E-state index in [1.165, 1.54) is 22.9 Å². The van der Waals surface area contributed by atoms with Gasteiger partial charge in [0.1, 0.15) is 16.2 Å². The van der Waals surface area contributed by atoms with Crippen LogP contribution in [0, 0.1) is 13.8 Å². The van der Waals surface area contributed by atoms with Gasteiger partial charge in [-0.05, 0) is 37.0 Å². The summed E-state index contributed by atoms with van der Waals surface area (Å²) in [5.41, 5.74) is 4.80. The lowest BCUT2D eigenvalue weighted by atomic mass is 10.0. The number of thiophene rings is 1. The Balaban J connectivity index is 1.93. The molecule has 0 atom stereocenters. The fourth-order valence-electron chi connectivity index (χ4n) is 2.46. The molecule has 25 heavy (non-hydrogen) atoms. The van der Waals surface area contributed by atoms with Crippen molar-refractivity contribution in [1.29, 1.82) is 0 Å². The molecule has 2 aromatic heterocycles. The van der Waals surface area contributed by atoms with E-state index in [0.717, 1.165) is 32.8 Å². The average molecular weight is 373 g/mol. The number of carbonyl (C=O) groups excluding carboxylic acids is 1. The van der Waals surface area contributed by atoms with Crippen LogP contribution in [0.15, 0.2) is 34.9 Å². The van der Waals surface area contributed by atoms with Crippen LogP contribution >= 0.6 is 23.1 Å². The zero-order chi connectivity index (χ0) is 17.8. The van der Waals surface area contributed by atoms with Crippen LogP contribution in [0.1, 0.15) is 24.5 Å². The van der Waals surface area contributed by atoms with Crippen molar-refractivity contribution in [3.63, 3.8) is 0 Å². The molecule has 0 bridgehead atoms. The number of fused-ring (bicyclic) bond motifs is 1. The molecule has 0 amide bonds. The minimum absolute atomic E-state index is 0.207. The number of carbonyl (C=O) groups is 1. The van der Waals surface area contributed by atoms with Gasteiger partial charge in [0, 0.05) is 10.9 Å². The summed E-state index contributed by atoms with van der Waals surface area (Å²) in [7, 11) is 0. The molecule has 0 N–H and O–H groups in total. The maximum atomic E-state index is 11.8. The van der Waals surface area contributed by atoms with E-state index in [0.29, 0.717) is 6.61 Å². The average Bonchev–Trinajstić information content (AvgIpc) is 3.05. The van der Waals surface area contributed by atoms with Gasteiger partial charge in [0.25, 0.3) is 0 Å². The SMILES string of the molecule is CCCOC(=O)CSc1ncnc2scc(-c3ccc(C)c(C)c3)c12. The molecule has 0 aliphatic carbocycles. The van der Waals surface area contributed by atoms with Gasteiger partial charge in [-0.1, -0.05) is 36.9 Å². The third-order valence-electron chi connectivity index (χ3n) is 3.95. The quantitative estimate of drug-likeness (QED) is 0.345. The number of esters is 1. The van der Waals surface area contributed by atoms with E-state index in [9.17, 15) is 4.79 Å². The molecule has 0 unspecified atom stereocenters. The van der Waals surface area contributed by atoms with E-state index in [2.05, 4.69) is 47.4 Å². The first-order chi connectivity index (χ1) is 12.1. The second-order valence-corrected chi connectivity index (χ2v) is 7.64. The molecule has 0 fully saturated rings. The molecule has 4 nitrogen and oxygen atoms in total. The minimum atomic E-state index is -0.207. The number of hydrogen-bond acceptors (Lipinski definition) is 6. The second-order valence-electron chi connectivity index (χ2n) is 5.82. The predicted octanol–water partition coefficient (Wildman–Crippen LogP) is 5.02. The second kappa shape index (κ2) is 7.97. The van der Waals surface area contributed by atoms with Crippen molar-refractivity contribution >= 4 is 39.3 Å². The Bertz CT molecular complexity index is 906. The highest BCUT2D eigenvalue weighted by Crippen LogP contribution is 2.38. The zero-order valence-corrected chi connectivity index (χ0v) is 16.2. The van der Waals surface area contributed by atoms with Crippen molar-refractivity contribution in [2.24, 2.45) is 0 Å². The van der Waals surface area contributed by atoms with Crippen LogP contribution in [0.2, 0.25) is 0 Å². The maximum absolute atomic E-state index is 11.8. The lowest BCUT2D eigenvalue weighted by Gasteiger charge is -2.07. The first-order valence-electron chi connectivity index (χ1n) is 8.18. The molecule has 130 valence electrons. The van der Waals surface area contributed by atoms with Crippen molar-refractivity contribution in [3.05, 3.63) is 41.0 Å². The fraction of sp³-hybridized carbons (Fsp3) is 0.316. The summed E-state index contributed by atoms with van der Waals surface area (Å²) >= 11 is 3.01. The standard InChI is InChI=1S/C19H20N2O2S2/c1-4-7-23-16(22)10-25-19-17-15(9-24-18(17)20-11-21-19)14-6-5-12(2)13(3)8-14/h5-6,8-9,11H,4,7,10H2,1-3H3.